The fourth-order valence-electron chi connectivity index (χ4n) is 1.19. The highest BCUT2D eigenvalue weighted by atomic mass is 35.5. The summed E-state index contributed by atoms with van der Waals surface area (Å²) in [5.41, 5.74) is 6.68. The first-order valence-corrected chi connectivity index (χ1v) is 5.01. The van der Waals surface area contributed by atoms with Crippen LogP contribution in [0.25, 0.3) is 0 Å². The molecule has 6 heteroatoms. The van der Waals surface area contributed by atoms with Gasteiger partial charge in [0.15, 0.2) is 0 Å². The number of rotatable bonds is 1. The van der Waals surface area contributed by atoms with Crippen LogP contribution < -0.4 is 11.1 Å². The molecule has 1 aliphatic rings. The molecule has 0 aliphatic carbocycles. The summed E-state index contributed by atoms with van der Waals surface area (Å²) in [4.78, 5) is 8.07. The fraction of sp³-hybridized carbons (Fsp3) is 0.111. The zero-order chi connectivity index (χ0) is 10.8. The molecule has 0 radical (unpaired) electrons. The van der Waals surface area contributed by atoms with Crippen LogP contribution in [0.1, 0.15) is 0 Å². The number of aliphatic imine (C=N–C) groups is 2. The molecule has 0 aromatic heterocycles. The number of nitrogen functional groups attached to an aromatic ring is 1. The van der Waals surface area contributed by atoms with Crippen molar-refractivity contribution in [3.8, 4) is 0 Å². The van der Waals surface area contributed by atoms with E-state index in [1.54, 1.807) is 18.3 Å². The molecular formula is C9H8Cl2N4. The van der Waals surface area contributed by atoms with Gasteiger partial charge in [-0.15, -0.1) is 0 Å². The summed E-state index contributed by atoms with van der Waals surface area (Å²) < 4.78 is 0. The Morgan fingerprint density at radius 1 is 1.27 bits per heavy atom. The zero-order valence-electron chi connectivity index (χ0n) is 7.67. The van der Waals surface area contributed by atoms with Crippen molar-refractivity contribution in [1.82, 2.24) is 0 Å². The Kier molecular flexibility index (Phi) is 2.79. The largest absolute Gasteiger partial charge is 0.399 e. The summed E-state index contributed by atoms with van der Waals surface area (Å²) in [5.74, 6) is 0.503. The maximum absolute atomic E-state index is 5.98. The average molecular weight is 243 g/mol. The molecule has 0 bridgehead atoms. The normalized spacial score (nSPS) is 14.1. The number of hydrogen-bond acceptors (Lipinski definition) is 4. The molecule has 4 nitrogen and oxygen atoms in total. The SMILES string of the molecule is Nc1cc(Cl)c(NC2=NCC=N2)c(Cl)c1. The summed E-state index contributed by atoms with van der Waals surface area (Å²) in [6.07, 6.45) is 1.70. The molecule has 2 rings (SSSR count). The minimum Gasteiger partial charge on any atom is -0.399 e. The number of benzene rings is 1. The average Bonchev–Trinajstić information content (AvgIpc) is 2.63. The molecule has 15 heavy (non-hydrogen) atoms. The van der Waals surface area contributed by atoms with Crippen molar-refractivity contribution < 1.29 is 0 Å². The van der Waals surface area contributed by atoms with Gasteiger partial charge >= 0.3 is 0 Å². The van der Waals surface area contributed by atoms with Gasteiger partial charge in [0.25, 0.3) is 0 Å². The Morgan fingerprint density at radius 2 is 1.93 bits per heavy atom. The smallest absolute Gasteiger partial charge is 0.222 e. The molecule has 0 spiro atoms. The molecule has 0 unspecified atom stereocenters. The third-order valence-electron chi connectivity index (χ3n) is 1.84. The van der Waals surface area contributed by atoms with E-state index in [4.69, 9.17) is 28.9 Å². The number of anilines is 2. The summed E-state index contributed by atoms with van der Waals surface area (Å²) in [7, 11) is 0. The van der Waals surface area contributed by atoms with Crippen LogP contribution in [0, 0.1) is 0 Å². The first kappa shape index (κ1) is 10.3. The standard InChI is InChI=1S/C9H8Cl2N4/c10-6-3-5(12)4-7(11)8(6)15-9-13-1-2-14-9/h1,3-4H,2,12H2,(H,14,15). The van der Waals surface area contributed by atoms with Crippen molar-refractivity contribution in [1.29, 1.82) is 0 Å². The molecule has 78 valence electrons. The van der Waals surface area contributed by atoms with Crippen molar-refractivity contribution in [2.75, 3.05) is 17.6 Å². The Morgan fingerprint density at radius 3 is 2.47 bits per heavy atom. The van der Waals surface area contributed by atoms with Crippen LogP contribution in [0.5, 0.6) is 0 Å². The van der Waals surface area contributed by atoms with E-state index in [0.29, 0.717) is 33.9 Å². The number of hydrogen-bond donors (Lipinski definition) is 2. The Bertz CT molecular complexity index is 430. The molecule has 0 saturated carbocycles. The first-order chi connectivity index (χ1) is 7.16. The maximum atomic E-state index is 5.98. The van der Waals surface area contributed by atoms with E-state index in [9.17, 15) is 0 Å². The van der Waals surface area contributed by atoms with Gasteiger partial charge in [-0.1, -0.05) is 23.2 Å². The summed E-state index contributed by atoms with van der Waals surface area (Å²) in [5, 5.41) is 3.84. The van der Waals surface area contributed by atoms with Crippen LogP contribution in [-0.2, 0) is 0 Å². The molecule has 0 atom stereocenters. The Balaban J connectivity index is 2.31. The van der Waals surface area contributed by atoms with Crippen LogP contribution in [-0.4, -0.2) is 18.7 Å². The molecule has 0 saturated heterocycles. The van der Waals surface area contributed by atoms with Crippen LogP contribution >= 0.6 is 23.2 Å². The Hall–Kier alpha value is -1.26. The lowest BCUT2D eigenvalue weighted by Gasteiger charge is -2.09. The lowest BCUT2D eigenvalue weighted by molar-refractivity contribution is 1.35. The molecule has 0 fully saturated rings. The predicted octanol–water partition coefficient (Wildman–Crippen LogP) is 2.43. The molecule has 1 aromatic carbocycles. The van der Waals surface area contributed by atoms with Crippen LogP contribution in [0.2, 0.25) is 10.0 Å². The van der Waals surface area contributed by atoms with Crippen LogP contribution in [0.15, 0.2) is 22.1 Å². The van der Waals surface area contributed by atoms with Gasteiger partial charge in [-0.3, -0.25) is 0 Å². The van der Waals surface area contributed by atoms with Crippen molar-refractivity contribution in [2.24, 2.45) is 9.98 Å². The van der Waals surface area contributed by atoms with Crippen molar-refractivity contribution in [2.45, 2.75) is 0 Å². The van der Waals surface area contributed by atoms with E-state index in [2.05, 4.69) is 15.3 Å². The van der Waals surface area contributed by atoms with Gasteiger partial charge in [0, 0.05) is 11.9 Å². The quantitative estimate of drug-likeness (QED) is 0.744. The van der Waals surface area contributed by atoms with Crippen LogP contribution in [0.4, 0.5) is 11.4 Å². The second-order valence-electron chi connectivity index (χ2n) is 2.96. The first-order valence-electron chi connectivity index (χ1n) is 4.25. The number of guanidine groups is 1. The second kappa shape index (κ2) is 4.08. The van der Waals surface area contributed by atoms with Crippen molar-refractivity contribution in [3.05, 3.63) is 22.2 Å². The number of nitrogens with zero attached hydrogens (tertiary/aromatic N) is 2. The number of halogens is 2. The highest BCUT2D eigenvalue weighted by molar-refractivity contribution is 6.40. The minimum atomic E-state index is 0.449. The number of nitrogens with two attached hydrogens (primary N) is 1. The number of nitrogens with one attached hydrogen (secondary N) is 1. The highest BCUT2D eigenvalue weighted by Gasteiger charge is 2.10. The maximum Gasteiger partial charge on any atom is 0.222 e. The summed E-state index contributed by atoms with van der Waals surface area (Å²) in [6.45, 7) is 0.576. The predicted molar refractivity (Wildman–Crippen MR) is 65.3 cm³/mol. The van der Waals surface area contributed by atoms with Gasteiger partial charge in [0.2, 0.25) is 5.96 Å². The van der Waals surface area contributed by atoms with Crippen LogP contribution in [0.3, 0.4) is 0 Å². The van der Waals surface area contributed by atoms with Gasteiger partial charge in [-0.2, -0.15) is 0 Å². The lowest BCUT2D eigenvalue weighted by atomic mass is 10.3. The highest BCUT2D eigenvalue weighted by Crippen LogP contribution is 2.32. The molecule has 1 aliphatic heterocycles. The van der Waals surface area contributed by atoms with E-state index in [-0.39, 0.29) is 0 Å². The van der Waals surface area contributed by atoms with Crippen molar-refractivity contribution >= 4 is 46.8 Å². The monoisotopic (exact) mass is 242 g/mol. The fourth-order valence-corrected chi connectivity index (χ4v) is 1.79. The summed E-state index contributed by atoms with van der Waals surface area (Å²) in [6, 6.07) is 3.24. The van der Waals surface area contributed by atoms with Gasteiger partial charge in [-0.05, 0) is 12.1 Å². The van der Waals surface area contributed by atoms with Gasteiger partial charge in [0.05, 0.1) is 22.3 Å². The molecule has 1 aromatic rings. The van der Waals surface area contributed by atoms with Crippen molar-refractivity contribution in [3.63, 3.8) is 0 Å². The molecule has 3 N–H and O–H groups in total. The summed E-state index contributed by atoms with van der Waals surface area (Å²) >= 11 is 12.0. The van der Waals surface area contributed by atoms with E-state index < -0.39 is 0 Å². The zero-order valence-corrected chi connectivity index (χ0v) is 9.18. The van der Waals surface area contributed by atoms with Gasteiger partial charge in [-0.25, -0.2) is 9.98 Å². The Labute approximate surface area is 96.8 Å². The van der Waals surface area contributed by atoms with E-state index >= 15 is 0 Å². The van der Waals surface area contributed by atoms with E-state index in [0.717, 1.165) is 0 Å². The van der Waals surface area contributed by atoms with Gasteiger partial charge in [0.1, 0.15) is 0 Å². The van der Waals surface area contributed by atoms with E-state index in [1.807, 2.05) is 0 Å². The molecule has 1 heterocycles. The topological polar surface area (TPSA) is 62.8 Å². The molecule has 0 amide bonds. The third-order valence-corrected chi connectivity index (χ3v) is 2.43. The second-order valence-corrected chi connectivity index (χ2v) is 3.77. The third kappa shape index (κ3) is 2.22. The van der Waals surface area contributed by atoms with E-state index in [1.165, 1.54) is 0 Å². The van der Waals surface area contributed by atoms with Gasteiger partial charge < -0.3 is 11.1 Å². The molecular weight excluding hydrogens is 235 g/mol. The minimum absolute atomic E-state index is 0.449. The lowest BCUT2D eigenvalue weighted by Crippen LogP contribution is -2.08.